The highest BCUT2D eigenvalue weighted by Gasteiger charge is 2.29. The standard InChI is InChI=1S/C11H14Cl2N2O2S/c1-2-17-6-7-3-4-15(5-7)11(16)9-8(12)10(13)14-18-9/h7H,2-6H2,1H3/t7-/m1/s1. The summed E-state index contributed by atoms with van der Waals surface area (Å²) >= 11 is 12.8. The summed E-state index contributed by atoms with van der Waals surface area (Å²) in [5.41, 5.74) is 0. The number of nitrogens with zero attached hydrogens (tertiary/aromatic N) is 2. The fourth-order valence-electron chi connectivity index (χ4n) is 1.97. The van der Waals surface area contributed by atoms with Gasteiger partial charge in [-0.05, 0) is 24.9 Å². The van der Waals surface area contributed by atoms with Crippen LogP contribution < -0.4 is 0 Å². The lowest BCUT2D eigenvalue weighted by molar-refractivity contribution is 0.0767. The molecule has 0 radical (unpaired) electrons. The van der Waals surface area contributed by atoms with Crippen molar-refractivity contribution in [3.8, 4) is 0 Å². The fourth-order valence-corrected chi connectivity index (χ4v) is 3.15. The first-order valence-corrected chi connectivity index (χ1v) is 7.34. The van der Waals surface area contributed by atoms with Crippen molar-refractivity contribution < 1.29 is 9.53 Å². The second-order valence-electron chi connectivity index (χ2n) is 4.18. The quantitative estimate of drug-likeness (QED) is 0.859. The molecule has 1 amide bonds. The lowest BCUT2D eigenvalue weighted by Gasteiger charge is -2.15. The Bertz CT molecular complexity index is 439. The Morgan fingerprint density at radius 2 is 2.39 bits per heavy atom. The van der Waals surface area contributed by atoms with Crippen molar-refractivity contribution in [1.29, 1.82) is 0 Å². The normalized spacial score (nSPS) is 19.5. The van der Waals surface area contributed by atoms with E-state index in [4.69, 9.17) is 27.9 Å². The molecule has 0 N–H and O–H groups in total. The Morgan fingerprint density at radius 1 is 1.61 bits per heavy atom. The molecular weight excluding hydrogens is 295 g/mol. The molecule has 1 aliphatic heterocycles. The number of aromatic nitrogens is 1. The molecule has 1 aromatic heterocycles. The molecule has 1 aromatic rings. The molecule has 0 unspecified atom stereocenters. The molecule has 4 nitrogen and oxygen atoms in total. The molecule has 100 valence electrons. The summed E-state index contributed by atoms with van der Waals surface area (Å²) in [5.74, 6) is 0.333. The second-order valence-corrected chi connectivity index (χ2v) is 5.69. The number of amides is 1. The number of hydrogen-bond acceptors (Lipinski definition) is 4. The van der Waals surface area contributed by atoms with Gasteiger partial charge < -0.3 is 9.64 Å². The zero-order valence-electron chi connectivity index (χ0n) is 9.99. The lowest BCUT2D eigenvalue weighted by Crippen LogP contribution is -2.28. The number of carbonyl (C=O) groups excluding carboxylic acids is 1. The number of rotatable bonds is 4. The van der Waals surface area contributed by atoms with Gasteiger partial charge in [0.15, 0.2) is 5.15 Å². The van der Waals surface area contributed by atoms with Gasteiger partial charge in [-0.3, -0.25) is 4.79 Å². The Hall–Kier alpha value is -0.360. The van der Waals surface area contributed by atoms with Crippen molar-refractivity contribution >= 4 is 40.6 Å². The molecule has 2 heterocycles. The summed E-state index contributed by atoms with van der Waals surface area (Å²) in [6.07, 6.45) is 0.968. The van der Waals surface area contributed by atoms with Crippen LogP contribution in [0.15, 0.2) is 0 Å². The van der Waals surface area contributed by atoms with Crippen molar-refractivity contribution in [2.24, 2.45) is 5.92 Å². The molecule has 0 aliphatic carbocycles. The van der Waals surface area contributed by atoms with E-state index in [0.29, 0.717) is 30.6 Å². The van der Waals surface area contributed by atoms with E-state index in [-0.39, 0.29) is 16.1 Å². The van der Waals surface area contributed by atoms with Gasteiger partial charge in [0.1, 0.15) is 9.90 Å². The van der Waals surface area contributed by atoms with E-state index in [9.17, 15) is 4.79 Å². The van der Waals surface area contributed by atoms with Crippen molar-refractivity contribution in [3.63, 3.8) is 0 Å². The van der Waals surface area contributed by atoms with Gasteiger partial charge in [-0.25, -0.2) is 0 Å². The van der Waals surface area contributed by atoms with E-state index in [1.165, 1.54) is 0 Å². The third-order valence-electron chi connectivity index (χ3n) is 2.92. The number of likely N-dealkylation sites (tertiary alicyclic amines) is 1. The lowest BCUT2D eigenvalue weighted by atomic mass is 10.1. The molecule has 1 fully saturated rings. The van der Waals surface area contributed by atoms with Crippen LogP contribution in [0, 0.1) is 5.92 Å². The summed E-state index contributed by atoms with van der Waals surface area (Å²) in [6, 6.07) is 0. The van der Waals surface area contributed by atoms with E-state index in [2.05, 4.69) is 4.37 Å². The molecule has 18 heavy (non-hydrogen) atoms. The molecule has 1 saturated heterocycles. The Labute approximate surface area is 120 Å². The van der Waals surface area contributed by atoms with Crippen LogP contribution in [0.4, 0.5) is 0 Å². The summed E-state index contributed by atoms with van der Waals surface area (Å²) in [5, 5.41) is 0.468. The highest BCUT2D eigenvalue weighted by Crippen LogP contribution is 2.30. The van der Waals surface area contributed by atoms with Crippen molar-refractivity contribution in [2.45, 2.75) is 13.3 Å². The third-order valence-corrected chi connectivity index (χ3v) is 4.71. The van der Waals surface area contributed by atoms with Crippen molar-refractivity contribution in [1.82, 2.24) is 9.27 Å². The number of hydrogen-bond donors (Lipinski definition) is 0. The SMILES string of the molecule is CCOC[C@@H]1CCN(C(=O)c2snc(Cl)c2Cl)C1. The van der Waals surface area contributed by atoms with Gasteiger partial charge in [0.05, 0.1) is 6.61 Å². The highest BCUT2D eigenvalue weighted by molar-refractivity contribution is 7.09. The van der Waals surface area contributed by atoms with Crippen LogP contribution in [0.25, 0.3) is 0 Å². The van der Waals surface area contributed by atoms with Crippen LogP contribution in [0.5, 0.6) is 0 Å². The third kappa shape index (κ3) is 2.96. The van der Waals surface area contributed by atoms with Gasteiger partial charge in [-0.1, -0.05) is 23.2 Å². The van der Waals surface area contributed by atoms with Crippen LogP contribution in [-0.4, -0.2) is 41.5 Å². The minimum Gasteiger partial charge on any atom is -0.381 e. The van der Waals surface area contributed by atoms with Gasteiger partial charge in [-0.15, -0.1) is 0 Å². The Balaban J connectivity index is 1.97. The average Bonchev–Trinajstić information content (AvgIpc) is 2.95. The first-order valence-electron chi connectivity index (χ1n) is 5.81. The molecule has 2 rings (SSSR count). The van der Waals surface area contributed by atoms with Crippen molar-refractivity contribution in [2.75, 3.05) is 26.3 Å². The minimum atomic E-state index is -0.0802. The highest BCUT2D eigenvalue weighted by atomic mass is 35.5. The molecule has 0 saturated carbocycles. The van der Waals surface area contributed by atoms with E-state index < -0.39 is 0 Å². The van der Waals surface area contributed by atoms with Gasteiger partial charge in [0, 0.05) is 25.6 Å². The number of ether oxygens (including phenoxy) is 1. The summed E-state index contributed by atoms with van der Waals surface area (Å²) in [7, 11) is 0. The van der Waals surface area contributed by atoms with Crippen LogP contribution in [-0.2, 0) is 4.74 Å². The molecule has 0 spiro atoms. The predicted octanol–water partition coefficient (Wildman–Crippen LogP) is 2.95. The largest absolute Gasteiger partial charge is 0.381 e. The Kier molecular flexibility index (Phi) is 4.84. The van der Waals surface area contributed by atoms with E-state index in [1.54, 1.807) is 4.90 Å². The smallest absolute Gasteiger partial charge is 0.267 e. The molecule has 1 aliphatic rings. The first-order chi connectivity index (χ1) is 8.63. The first kappa shape index (κ1) is 14.1. The molecule has 0 bridgehead atoms. The average molecular weight is 309 g/mol. The number of halogens is 2. The van der Waals surface area contributed by atoms with Gasteiger partial charge in [0.2, 0.25) is 0 Å². The minimum absolute atomic E-state index is 0.0802. The maximum absolute atomic E-state index is 12.2. The van der Waals surface area contributed by atoms with Gasteiger partial charge >= 0.3 is 0 Å². The van der Waals surface area contributed by atoms with Gasteiger partial charge in [0.25, 0.3) is 5.91 Å². The second kappa shape index (κ2) is 6.19. The monoisotopic (exact) mass is 308 g/mol. The van der Waals surface area contributed by atoms with Crippen LogP contribution in [0.2, 0.25) is 10.2 Å². The fraction of sp³-hybridized carbons (Fsp3) is 0.636. The zero-order valence-corrected chi connectivity index (χ0v) is 12.3. The van der Waals surface area contributed by atoms with Crippen molar-refractivity contribution in [3.05, 3.63) is 15.1 Å². The maximum atomic E-state index is 12.2. The van der Waals surface area contributed by atoms with Crippen LogP contribution in [0.3, 0.4) is 0 Å². The van der Waals surface area contributed by atoms with Gasteiger partial charge in [-0.2, -0.15) is 4.37 Å². The molecule has 1 atom stereocenters. The number of carbonyl (C=O) groups is 1. The Morgan fingerprint density at radius 3 is 3.00 bits per heavy atom. The van der Waals surface area contributed by atoms with E-state index >= 15 is 0 Å². The topological polar surface area (TPSA) is 42.4 Å². The van der Waals surface area contributed by atoms with E-state index in [0.717, 1.165) is 24.5 Å². The summed E-state index contributed by atoms with van der Waals surface area (Å²) < 4.78 is 9.26. The van der Waals surface area contributed by atoms with E-state index in [1.807, 2.05) is 6.92 Å². The molecule has 7 heteroatoms. The molecular formula is C11H14Cl2N2O2S. The molecule has 0 aromatic carbocycles. The zero-order chi connectivity index (χ0) is 13.1. The van der Waals surface area contributed by atoms with Crippen LogP contribution >= 0.6 is 34.7 Å². The maximum Gasteiger partial charge on any atom is 0.267 e. The predicted molar refractivity (Wildman–Crippen MR) is 72.6 cm³/mol. The van der Waals surface area contributed by atoms with Crippen LogP contribution in [0.1, 0.15) is 23.0 Å². The summed E-state index contributed by atoms with van der Waals surface area (Å²) in [4.78, 5) is 14.4. The summed E-state index contributed by atoms with van der Waals surface area (Å²) in [6.45, 7) is 4.84.